The second-order valence-electron chi connectivity index (χ2n) is 8.11. The SMILES string of the molecule is C=C(C)C(=O)OCCNC(=O)OCC(C)(COC(=O)C=CC(=O)OC)COC(=O)NCCOC(=O)C(=C)C. The van der Waals surface area contributed by atoms with E-state index in [9.17, 15) is 28.8 Å². The number of alkyl carbamates (subject to hydrolysis) is 2. The standard InChI is InChI=1S/C24H34N2O12/c1-16(2)20(29)34-11-9-25-22(31)37-14-24(5,13-36-19(28)8-7-18(27)33-6)15-38-23(32)26-10-12-35-21(30)17(3)4/h7-8H,1,3,9-15H2,2,4-6H3,(H,25,31)(H,26,32). The first-order valence-corrected chi connectivity index (χ1v) is 11.2. The molecule has 0 rings (SSSR count). The summed E-state index contributed by atoms with van der Waals surface area (Å²) in [6.07, 6.45) is -0.0487. The minimum absolute atomic E-state index is 0.0449. The summed E-state index contributed by atoms with van der Waals surface area (Å²) < 4.78 is 29.4. The number of hydrogen-bond acceptors (Lipinski definition) is 12. The lowest BCUT2D eigenvalue weighted by Gasteiger charge is -2.27. The van der Waals surface area contributed by atoms with E-state index in [2.05, 4.69) is 28.5 Å². The van der Waals surface area contributed by atoms with Gasteiger partial charge in [-0.1, -0.05) is 13.2 Å². The van der Waals surface area contributed by atoms with Crippen molar-refractivity contribution in [3.8, 4) is 0 Å². The molecule has 0 aliphatic heterocycles. The van der Waals surface area contributed by atoms with E-state index in [1.165, 1.54) is 20.8 Å². The number of hydrogen-bond donors (Lipinski definition) is 2. The number of esters is 4. The highest BCUT2D eigenvalue weighted by atomic mass is 16.6. The Kier molecular flexibility index (Phi) is 15.9. The molecule has 0 aromatic carbocycles. The van der Waals surface area contributed by atoms with Gasteiger partial charge in [0.2, 0.25) is 0 Å². The van der Waals surface area contributed by atoms with Crippen molar-refractivity contribution >= 4 is 36.1 Å². The van der Waals surface area contributed by atoms with E-state index in [1.54, 1.807) is 0 Å². The number of carbonyl (C=O) groups is 6. The van der Waals surface area contributed by atoms with Crippen molar-refractivity contribution < 1.29 is 57.2 Å². The van der Waals surface area contributed by atoms with Gasteiger partial charge in [0.25, 0.3) is 0 Å². The van der Waals surface area contributed by atoms with Crippen LogP contribution in [0.4, 0.5) is 9.59 Å². The van der Waals surface area contributed by atoms with Crippen molar-refractivity contribution in [1.82, 2.24) is 10.6 Å². The van der Waals surface area contributed by atoms with E-state index in [-0.39, 0.29) is 57.3 Å². The summed E-state index contributed by atoms with van der Waals surface area (Å²) in [5.74, 6) is -2.89. The predicted molar refractivity (Wildman–Crippen MR) is 130 cm³/mol. The van der Waals surface area contributed by atoms with E-state index in [4.69, 9.17) is 23.7 Å². The molecule has 2 amide bonds. The Morgan fingerprint density at radius 2 is 1.08 bits per heavy atom. The maximum Gasteiger partial charge on any atom is 0.407 e. The lowest BCUT2D eigenvalue weighted by Crippen LogP contribution is -2.40. The monoisotopic (exact) mass is 542 g/mol. The van der Waals surface area contributed by atoms with E-state index >= 15 is 0 Å². The second kappa shape index (κ2) is 18.0. The highest BCUT2D eigenvalue weighted by Gasteiger charge is 2.31. The zero-order chi connectivity index (χ0) is 29.1. The molecule has 212 valence electrons. The summed E-state index contributed by atoms with van der Waals surface area (Å²) in [7, 11) is 1.13. The second-order valence-corrected chi connectivity index (χ2v) is 8.11. The van der Waals surface area contributed by atoms with E-state index in [0.29, 0.717) is 0 Å². The Morgan fingerprint density at radius 1 is 0.684 bits per heavy atom. The average molecular weight is 543 g/mol. The molecule has 38 heavy (non-hydrogen) atoms. The molecule has 0 aromatic rings. The first-order valence-electron chi connectivity index (χ1n) is 11.2. The summed E-state index contributed by atoms with van der Waals surface area (Å²) >= 11 is 0. The van der Waals surface area contributed by atoms with Crippen LogP contribution in [-0.2, 0) is 47.6 Å². The third-order valence-electron chi connectivity index (χ3n) is 4.13. The van der Waals surface area contributed by atoms with Crippen molar-refractivity contribution in [3.63, 3.8) is 0 Å². The van der Waals surface area contributed by atoms with Crippen LogP contribution in [0, 0.1) is 5.41 Å². The molecule has 0 aliphatic rings. The number of amides is 2. The van der Waals surface area contributed by atoms with Gasteiger partial charge in [-0.25, -0.2) is 28.8 Å². The van der Waals surface area contributed by atoms with Crippen LogP contribution in [0.15, 0.2) is 36.5 Å². The fourth-order valence-corrected chi connectivity index (χ4v) is 2.04. The number of rotatable bonds is 16. The fourth-order valence-electron chi connectivity index (χ4n) is 2.04. The zero-order valence-electron chi connectivity index (χ0n) is 21.9. The van der Waals surface area contributed by atoms with Gasteiger partial charge < -0.3 is 39.1 Å². The first kappa shape index (κ1) is 33.6. The molecule has 0 unspecified atom stereocenters. The smallest absolute Gasteiger partial charge is 0.407 e. The molecule has 0 radical (unpaired) electrons. The van der Waals surface area contributed by atoms with Crippen molar-refractivity contribution in [2.75, 3.05) is 53.2 Å². The molecule has 0 aliphatic carbocycles. The largest absolute Gasteiger partial charge is 0.466 e. The van der Waals surface area contributed by atoms with E-state index < -0.39 is 41.5 Å². The zero-order valence-corrected chi connectivity index (χ0v) is 21.9. The average Bonchev–Trinajstić information content (AvgIpc) is 2.88. The van der Waals surface area contributed by atoms with Gasteiger partial charge >= 0.3 is 36.1 Å². The topological polar surface area (TPSA) is 182 Å². The van der Waals surface area contributed by atoms with Crippen LogP contribution in [0.1, 0.15) is 20.8 Å². The molecule has 0 spiro atoms. The predicted octanol–water partition coefficient (Wildman–Crippen LogP) is 0.956. The number of carbonyl (C=O) groups excluding carboxylic acids is 6. The van der Waals surface area contributed by atoms with Gasteiger partial charge in [-0.05, 0) is 20.8 Å². The molecule has 2 N–H and O–H groups in total. The van der Waals surface area contributed by atoms with Crippen molar-refractivity contribution in [2.45, 2.75) is 20.8 Å². The fraction of sp³-hybridized carbons (Fsp3) is 0.500. The van der Waals surface area contributed by atoms with Gasteiger partial charge in [-0.15, -0.1) is 0 Å². The van der Waals surface area contributed by atoms with Gasteiger partial charge in [0.1, 0.15) is 33.0 Å². The van der Waals surface area contributed by atoms with Crippen molar-refractivity contribution in [3.05, 3.63) is 36.5 Å². The molecule has 0 bridgehead atoms. The maximum atomic E-state index is 12.0. The molecule has 0 aromatic heterocycles. The van der Waals surface area contributed by atoms with Crippen LogP contribution in [0.2, 0.25) is 0 Å². The van der Waals surface area contributed by atoms with Crippen LogP contribution in [0.3, 0.4) is 0 Å². The summed E-state index contributed by atoms with van der Waals surface area (Å²) in [6, 6.07) is 0. The Bertz CT molecular complexity index is 875. The number of ether oxygens (including phenoxy) is 6. The Morgan fingerprint density at radius 3 is 1.47 bits per heavy atom. The number of methoxy groups -OCH3 is 1. The highest BCUT2D eigenvalue weighted by Crippen LogP contribution is 2.19. The highest BCUT2D eigenvalue weighted by molar-refractivity contribution is 5.91. The van der Waals surface area contributed by atoms with Gasteiger partial charge in [-0.3, -0.25) is 0 Å². The lowest BCUT2D eigenvalue weighted by atomic mass is 9.94. The van der Waals surface area contributed by atoms with Crippen LogP contribution in [0.25, 0.3) is 0 Å². The minimum Gasteiger partial charge on any atom is -0.466 e. The summed E-state index contributed by atoms with van der Waals surface area (Å²) in [6.45, 7) is 9.91. The molecule has 0 atom stereocenters. The quantitative estimate of drug-likeness (QED) is 0.122. The van der Waals surface area contributed by atoms with Gasteiger partial charge in [0.05, 0.1) is 25.6 Å². The molecule has 0 fully saturated rings. The minimum atomic E-state index is -1.21. The molecule has 14 nitrogen and oxygen atoms in total. The van der Waals surface area contributed by atoms with Crippen LogP contribution >= 0.6 is 0 Å². The molecule has 0 heterocycles. The summed E-state index contributed by atoms with van der Waals surface area (Å²) in [5, 5.41) is 4.73. The molecular formula is C24H34N2O12. The Balaban J connectivity index is 4.86. The third kappa shape index (κ3) is 16.3. The van der Waals surface area contributed by atoms with Crippen molar-refractivity contribution in [2.24, 2.45) is 5.41 Å². The molecule has 0 saturated heterocycles. The Hall–Kier alpha value is -4.36. The lowest BCUT2D eigenvalue weighted by molar-refractivity contribution is -0.144. The maximum absolute atomic E-state index is 12.0. The van der Waals surface area contributed by atoms with Crippen molar-refractivity contribution in [1.29, 1.82) is 0 Å². The van der Waals surface area contributed by atoms with E-state index in [1.807, 2.05) is 0 Å². The van der Waals surface area contributed by atoms with Gasteiger partial charge in [0.15, 0.2) is 0 Å². The van der Waals surface area contributed by atoms with Gasteiger partial charge in [-0.2, -0.15) is 0 Å². The van der Waals surface area contributed by atoms with Crippen LogP contribution in [-0.4, -0.2) is 89.3 Å². The molecule has 0 saturated carbocycles. The normalized spacial score (nSPS) is 10.5. The van der Waals surface area contributed by atoms with E-state index in [0.717, 1.165) is 19.3 Å². The number of nitrogens with one attached hydrogen (secondary N) is 2. The van der Waals surface area contributed by atoms with Gasteiger partial charge in [0, 0.05) is 23.3 Å². The Labute approximate surface area is 220 Å². The molecule has 14 heteroatoms. The van der Waals surface area contributed by atoms with Crippen LogP contribution in [0.5, 0.6) is 0 Å². The first-order chi connectivity index (χ1) is 17.8. The summed E-state index contributed by atoms with van der Waals surface area (Å²) in [4.78, 5) is 69.7. The summed E-state index contributed by atoms with van der Waals surface area (Å²) in [5.41, 5.74) is -0.796. The third-order valence-corrected chi connectivity index (χ3v) is 4.13. The van der Waals surface area contributed by atoms with Crippen LogP contribution < -0.4 is 10.6 Å². The molecular weight excluding hydrogens is 508 g/mol.